The first-order chi connectivity index (χ1) is 6.15. The molecule has 0 fully saturated rings. The van der Waals surface area contributed by atoms with Gasteiger partial charge in [0.2, 0.25) is 0 Å². The lowest BCUT2D eigenvalue weighted by molar-refractivity contribution is 0.123. The van der Waals surface area contributed by atoms with Crippen LogP contribution in [0.25, 0.3) is 0 Å². The molecular formula is C11H17NO. The number of hydrogen-bond acceptors (Lipinski definition) is 2. The van der Waals surface area contributed by atoms with Gasteiger partial charge in [0.1, 0.15) is 6.10 Å². The second kappa shape index (κ2) is 4.43. The summed E-state index contributed by atoms with van der Waals surface area (Å²) in [5.41, 5.74) is 1.44. The first-order valence-corrected chi connectivity index (χ1v) is 4.88. The summed E-state index contributed by atoms with van der Waals surface area (Å²) in [6.45, 7) is 4.11. The van der Waals surface area contributed by atoms with Crippen LogP contribution in [-0.2, 0) is 0 Å². The highest BCUT2D eigenvalue weighted by molar-refractivity contribution is 5.04. The Balaban J connectivity index is 2.51. The van der Waals surface area contributed by atoms with Crippen molar-refractivity contribution in [1.29, 1.82) is 5.26 Å². The first kappa shape index (κ1) is 10.3. The van der Waals surface area contributed by atoms with Crippen LogP contribution in [0.3, 0.4) is 0 Å². The molecule has 1 aliphatic carbocycles. The molecule has 1 rings (SSSR count). The highest BCUT2D eigenvalue weighted by Gasteiger charge is 2.24. The number of hydrogen-bond donors (Lipinski definition) is 1. The Morgan fingerprint density at radius 2 is 2.38 bits per heavy atom. The summed E-state index contributed by atoms with van der Waals surface area (Å²) in [7, 11) is 0. The van der Waals surface area contributed by atoms with Crippen molar-refractivity contribution in [2.75, 3.05) is 0 Å². The molecule has 0 aliphatic heterocycles. The highest BCUT2D eigenvalue weighted by Crippen LogP contribution is 2.30. The van der Waals surface area contributed by atoms with Crippen LogP contribution in [0.15, 0.2) is 11.6 Å². The van der Waals surface area contributed by atoms with E-state index < -0.39 is 6.10 Å². The average molecular weight is 179 g/mol. The zero-order chi connectivity index (χ0) is 9.84. The van der Waals surface area contributed by atoms with Crippen molar-refractivity contribution in [2.24, 2.45) is 11.8 Å². The number of allylic oxidation sites excluding steroid dienone is 2. The Bertz CT molecular complexity index is 239. The molecule has 0 radical (unpaired) electrons. The van der Waals surface area contributed by atoms with Gasteiger partial charge in [-0.25, -0.2) is 0 Å². The van der Waals surface area contributed by atoms with E-state index in [-0.39, 0.29) is 5.92 Å². The average Bonchev–Trinajstić information content (AvgIpc) is 2.17. The van der Waals surface area contributed by atoms with E-state index in [1.807, 2.05) is 13.0 Å². The van der Waals surface area contributed by atoms with Gasteiger partial charge in [-0.15, -0.1) is 0 Å². The van der Waals surface area contributed by atoms with E-state index in [4.69, 9.17) is 5.26 Å². The third-order valence-corrected chi connectivity index (χ3v) is 3.05. The van der Waals surface area contributed by atoms with Crippen LogP contribution in [0.1, 0.15) is 33.1 Å². The van der Waals surface area contributed by atoms with Gasteiger partial charge in [-0.2, -0.15) is 5.26 Å². The standard InChI is InChI=1S/C11H17NO/c1-8-3-5-10(6-4-8)9(2)11(13)7-12/h3,9-11,13H,4-6H2,1-2H3. The van der Waals surface area contributed by atoms with Crippen molar-refractivity contribution in [1.82, 2.24) is 0 Å². The fraction of sp³-hybridized carbons (Fsp3) is 0.727. The van der Waals surface area contributed by atoms with Crippen molar-refractivity contribution in [3.8, 4) is 6.07 Å². The lowest BCUT2D eigenvalue weighted by Gasteiger charge is -2.27. The van der Waals surface area contributed by atoms with Gasteiger partial charge in [0.15, 0.2) is 0 Å². The minimum Gasteiger partial charge on any atom is -0.378 e. The molecule has 0 spiro atoms. The molecule has 0 bridgehead atoms. The molecule has 1 aliphatic rings. The molecule has 0 aromatic rings. The fourth-order valence-corrected chi connectivity index (χ4v) is 1.84. The van der Waals surface area contributed by atoms with Gasteiger partial charge < -0.3 is 5.11 Å². The second-order valence-corrected chi connectivity index (χ2v) is 4.02. The zero-order valence-corrected chi connectivity index (χ0v) is 8.33. The van der Waals surface area contributed by atoms with Crippen LogP contribution in [0.5, 0.6) is 0 Å². The molecule has 0 aromatic carbocycles. The maximum absolute atomic E-state index is 9.36. The monoisotopic (exact) mass is 179 g/mol. The van der Waals surface area contributed by atoms with Crippen LogP contribution in [-0.4, -0.2) is 11.2 Å². The molecule has 2 nitrogen and oxygen atoms in total. The van der Waals surface area contributed by atoms with E-state index in [1.165, 1.54) is 5.57 Å². The molecule has 0 heterocycles. The van der Waals surface area contributed by atoms with E-state index >= 15 is 0 Å². The predicted octanol–water partition coefficient (Wildman–Crippen LogP) is 2.25. The van der Waals surface area contributed by atoms with Crippen LogP contribution < -0.4 is 0 Å². The summed E-state index contributed by atoms with van der Waals surface area (Å²) in [5.74, 6) is 0.590. The maximum atomic E-state index is 9.36. The molecule has 0 amide bonds. The van der Waals surface area contributed by atoms with Crippen molar-refractivity contribution >= 4 is 0 Å². The molecule has 1 N–H and O–H groups in total. The number of nitriles is 1. The summed E-state index contributed by atoms with van der Waals surface area (Å²) >= 11 is 0. The Morgan fingerprint density at radius 3 is 2.85 bits per heavy atom. The SMILES string of the molecule is CC1=CCC(C(C)C(O)C#N)CC1. The van der Waals surface area contributed by atoms with Crippen molar-refractivity contribution in [3.63, 3.8) is 0 Å². The molecule has 13 heavy (non-hydrogen) atoms. The summed E-state index contributed by atoms with van der Waals surface area (Å²) in [5, 5.41) is 17.9. The van der Waals surface area contributed by atoms with Gasteiger partial charge in [-0.1, -0.05) is 18.6 Å². The molecule has 3 unspecified atom stereocenters. The highest BCUT2D eigenvalue weighted by atomic mass is 16.3. The van der Waals surface area contributed by atoms with Gasteiger partial charge in [0.25, 0.3) is 0 Å². The first-order valence-electron chi connectivity index (χ1n) is 4.88. The lowest BCUT2D eigenvalue weighted by atomic mass is 9.79. The van der Waals surface area contributed by atoms with E-state index in [2.05, 4.69) is 13.0 Å². The second-order valence-electron chi connectivity index (χ2n) is 4.02. The van der Waals surface area contributed by atoms with E-state index in [0.717, 1.165) is 19.3 Å². The van der Waals surface area contributed by atoms with Crippen LogP contribution in [0, 0.1) is 23.2 Å². The molecular weight excluding hydrogens is 162 g/mol. The largest absolute Gasteiger partial charge is 0.378 e. The van der Waals surface area contributed by atoms with Crippen molar-refractivity contribution in [3.05, 3.63) is 11.6 Å². The van der Waals surface area contributed by atoms with Gasteiger partial charge >= 0.3 is 0 Å². The van der Waals surface area contributed by atoms with Crippen LogP contribution >= 0.6 is 0 Å². The van der Waals surface area contributed by atoms with E-state index in [1.54, 1.807) is 0 Å². The van der Waals surface area contributed by atoms with Gasteiger partial charge in [-0.3, -0.25) is 0 Å². The van der Waals surface area contributed by atoms with Gasteiger partial charge in [0, 0.05) is 0 Å². The molecule has 0 saturated carbocycles. The summed E-state index contributed by atoms with van der Waals surface area (Å²) < 4.78 is 0. The molecule has 0 saturated heterocycles. The number of rotatable bonds is 2. The Hall–Kier alpha value is -0.810. The summed E-state index contributed by atoms with van der Waals surface area (Å²) in [6.07, 6.45) is 4.69. The van der Waals surface area contributed by atoms with Crippen molar-refractivity contribution < 1.29 is 5.11 Å². The Labute approximate surface area is 79.9 Å². The lowest BCUT2D eigenvalue weighted by Crippen LogP contribution is -2.25. The molecule has 72 valence electrons. The predicted molar refractivity (Wildman–Crippen MR) is 51.9 cm³/mol. The third kappa shape index (κ3) is 2.57. The summed E-state index contributed by atoms with van der Waals surface area (Å²) in [6, 6.07) is 1.91. The normalized spacial score (nSPS) is 27.2. The summed E-state index contributed by atoms with van der Waals surface area (Å²) in [4.78, 5) is 0. The minimum absolute atomic E-state index is 0.106. The maximum Gasteiger partial charge on any atom is 0.143 e. The van der Waals surface area contributed by atoms with E-state index in [0.29, 0.717) is 5.92 Å². The van der Waals surface area contributed by atoms with E-state index in [9.17, 15) is 5.11 Å². The van der Waals surface area contributed by atoms with Crippen LogP contribution in [0.2, 0.25) is 0 Å². The third-order valence-electron chi connectivity index (χ3n) is 3.05. The topological polar surface area (TPSA) is 44.0 Å². The number of aliphatic hydroxyl groups excluding tert-OH is 1. The van der Waals surface area contributed by atoms with Gasteiger partial charge in [0.05, 0.1) is 6.07 Å². The van der Waals surface area contributed by atoms with Gasteiger partial charge in [-0.05, 0) is 38.0 Å². The molecule has 2 heteroatoms. The smallest absolute Gasteiger partial charge is 0.143 e. The molecule has 0 aromatic heterocycles. The number of nitrogens with zero attached hydrogens (tertiary/aromatic N) is 1. The number of aliphatic hydroxyl groups is 1. The zero-order valence-electron chi connectivity index (χ0n) is 8.33. The Kier molecular flexibility index (Phi) is 3.50. The molecule has 3 atom stereocenters. The fourth-order valence-electron chi connectivity index (χ4n) is 1.84. The van der Waals surface area contributed by atoms with Crippen molar-refractivity contribution in [2.45, 2.75) is 39.2 Å². The quantitative estimate of drug-likeness (QED) is 0.522. The Morgan fingerprint density at radius 1 is 1.69 bits per heavy atom. The van der Waals surface area contributed by atoms with Crippen LogP contribution in [0.4, 0.5) is 0 Å². The minimum atomic E-state index is -0.795.